The van der Waals surface area contributed by atoms with Crippen LogP contribution in [0.25, 0.3) is 0 Å². The van der Waals surface area contributed by atoms with E-state index in [2.05, 4.69) is 15.0 Å². The predicted octanol–water partition coefficient (Wildman–Crippen LogP) is 5.59. The van der Waals surface area contributed by atoms with Crippen LogP contribution in [0.15, 0.2) is 41.9 Å². The van der Waals surface area contributed by atoms with Gasteiger partial charge in [-0.15, -0.1) is 11.3 Å². The number of amides is 2. The topological polar surface area (TPSA) is 137 Å². The second-order valence-electron chi connectivity index (χ2n) is 10.5. The fourth-order valence-corrected chi connectivity index (χ4v) is 6.01. The largest absolute Gasteiger partial charge is 0.487 e. The van der Waals surface area contributed by atoms with Crippen LogP contribution in [0.2, 0.25) is 0 Å². The summed E-state index contributed by atoms with van der Waals surface area (Å²) in [6.45, 7) is 2.76. The summed E-state index contributed by atoms with van der Waals surface area (Å²) in [5.74, 6) is -1.43. The summed E-state index contributed by atoms with van der Waals surface area (Å²) in [6.07, 6.45) is 3.34. The van der Waals surface area contributed by atoms with Crippen molar-refractivity contribution in [3.63, 3.8) is 0 Å². The maximum atomic E-state index is 14.8. The lowest BCUT2D eigenvalue weighted by Crippen LogP contribution is -2.52. The van der Waals surface area contributed by atoms with E-state index < -0.39 is 29.3 Å². The highest BCUT2D eigenvalue weighted by Crippen LogP contribution is 2.45. The van der Waals surface area contributed by atoms with Crippen LogP contribution in [0.1, 0.15) is 54.1 Å². The number of hydrogen-bond acceptors (Lipinski definition) is 9. The smallest absolute Gasteiger partial charge is 0.408 e. The van der Waals surface area contributed by atoms with E-state index in [1.807, 2.05) is 0 Å². The number of aromatic nitrogens is 1. The molecule has 1 saturated heterocycles. The summed E-state index contributed by atoms with van der Waals surface area (Å²) >= 11 is 1.25. The van der Waals surface area contributed by atoms with Crippen LogP contribution >= 0.6 is 11.3 Å². The first-order valence-electron chi connectivity index (χ1n) is 13.9. The summed E-state index contributed by atoms with van der Waals surface area (Å²) in [5, 5.41) is 15.0. The number of anilines is 1. The van der Waals surface area contributed by atoms with Crippen LogP contribution in [0.4, 0.5) is 14.3 Å². The maximum Gasteiger partial charge on any atom is 0.408 e. The molecule has 2 aliphatic rings. The van der Waals surface area contributed by atoms with E-state index in [1.54, 1.807) is 30.6 Å². The third-order valence-electron chi connectivity index (χ3n) is 7.64. The predicted molar refractivity (Wildman–Crippen MR) is 154 cm³/mol. The standard InChI is InChI=1S/C30H32FN3O8S/c1-30(16-26(35)33-28-32-9-12-43-28)22-15-25(42-19-6-7-21(23(31)14-19)27(36)39-2)24(41-17-20-5-3-4-11-40-20)13-18(22)8-10-34(30)29(37)38/h6-7,9,12-15,20H,3-5,8,10-11,16-17H2,1-2H3,(H,37,38)(H,32,33,35)/t20?,30-/m1/s1. The van der Waals surface area contributed by atoms with Crippen molar-refractivity contribution in [2.45, 2.75) is 50.7 Å². The van der Waals surface area contributed by atoms with Gasteiger partial charge in [-0.25, -0.2) is 19.0 Å². The third kappa shape index (κ3) is 6.73. The lowest BCUT2D eigenvalue weighted by atomic mass is 9.79. The Morgan fingerprint density at radius 3 is 2.74 bits per heavy atom. The van der Waals surface area contributed by atoms with E-state index in [1.165, 1.54) is 28.4 Å². The van der Waals surface area contributed by atoms with Gasteiger partial charge in [0.15, 0.2) is 16.6 Å². The molecule has 1 fully saturated rings. The van der Waals surface area contributed by atoms with Crippen LogP contribution in [0, 0.1) is 5.82 Å². The molecule has 13 heteroatoms. The number of fused-ring (bicyclic) bond motifs is 1. The number of nitrogens with zero attached hydrogens (tertiary/aromatic N) is 2. The van der Waals surface area contributed by atoms with Gasteiger partial charge < -0.3 is 29.4 Å². The molecule has 3 aromatic rings. The quantitative estimate of drug-likeness (QED) is 0.296. The number of hydrogen-bond donors (Lipinski definition) is 2. The van der Waals surface area contributed by atoms with Crippen molar-refractivity contribution in [2.24, 2.45) is 0 Å². The normalized spacial score (nSPS) is 19.7. The van der Waals surface area contributed by atoms with Crippen molar-refractivity contribution in [1.82, 2.24) is 9.88 Å². The Kier molecular flexibility index (Phi) is 9.11. The molecule has 2 aliphatic heterocycles. The van der Waals surface area contributed by atoms with Gasteiger partial charge in [0.2, 0.25) is 5.91 Å². The van der Waals surface area contributed by atoms with Gasteiger partial charge in [-0.3, -0.25) is 9.69 Å². The van der Waals surface area contributed by atoms with Crippen LogP contribution < -0.4 is 14.8 Å². The monoisotopic (exact) mass is 613 g/mol. The van der Waals surface area contributed by atoms with Gasteiger partial charge in [0.1, 0.15) is 18.2 Å². The van der Waals surface area contributed by atoms with Crippen molar-refractivity contribution in [2.75, 3.05) is 32.2 Å². The molecule has 0 spiro atoms. The molecule has 1 unspecified atom stereocenters. The molecule has 2 aromatic carbocycles. The summed E-state index contributed by atoms with van der Waals surface area (Å²) < 4.78 is 37.5. The number of thiazole rings is 1. The van der Waals surface area contributed by atoms with E-state index in [-0.39, 0.29) is 42.7 Å². The van der Waals surface area contributed by atoms with Crippen molar-refractivity contribution in [3.05, 3.63) is 64.4 Å². The molecule has 2 N–H and O–H groups in total. The van der Waals surface area contributed by atoms with Crippen molar-refractivity contribution in [1.29, 1.82) is 0 Å². The third-order valence-corrected chi connectivity index (χ3v) is 8.33. The van der Waals surface area contributed by atoms with E-state index in [4.69, 9.17) is 14.2 Å². The van der Waals surface area contributed by atoms with Crippen molar-refractivity contribution >= 4 is 34.4 Å². The lowest BCUT2D eigenvalue weighted by molar-refractivity contribution is -0.118. The number of esters is 1. The number of rotatable bonds is 9. The van der Waals surface area contributed by atoms with Crippen molar-refractivity contribution < 1.29 is 42.8 Å². The molecule has 43 heavy (non-hydrogen) atoms. The zero-order valence-electron chi connectivity index (χ0n) is 23.8. The van der Waals surface area contributed by atoms with Crippen molar-refractivity contribution in [3.8, 4) is 17.2 Å². The fraction of sp³-hybridized carbons (Fsp3) is 0.400. The fourth-order valence-electron chi connectivity index (χ4n) is 5.47. The van der Waals surface area contributed by atoms with Gasteiger partial charge in [-0.05, 0) is 68.0 Å². The Labute approximate surface area is 251 Å². The number of nitrogens with one attached hydrogen (secondary N) is 1. The van der Waals surface area contributed by atoms with E-state index >= 15 is 0 Å². The highest BCUT2D eigenvalue weighted by molar-refractivity contribution is 7.13. The molecule has 0 aliphatic carbocycles. The van der Waals surface area contributed by atoms with Gasteiger partial charge in [0.05, 0.1) is 30.7 Å². The molecule has 0 radical (unpaired) electrons. The van der Waals surface area contributed by atoms with Crippen LogP contribution in [0.3, 0.4) is 0 Å². The molecular formula is C30H32FN3O8S. The van der Waals surface area contributed by atoms with Crippen LogP contribution in [0.5, 0.6) is 17.2 Å². The summed E-state index contributed by atoms with van der Waals surface area (Å²) in [6, 6.07) is 7.16. The Balaban J connectivity index is 1.52. The van der Waals surface area contributed by atoms with E-state index in [0.717, 1.165) is 38.0 Å². The zero-order chi connectivity index (χ0) is 30.6. The Bertz CT molecular complexity index is 1490. The highest BCUT2D eigenvalue weighted by Gasteiger charge is 2.44. The Morgan fingerprint density at radius 2 is 2.07 bits per heavy atom. The van der Waals surface area contributed by atoms with Gasteiger partial charge in [0, 0.05) is 30.8 Å². The molecule has 0 bridgehead atoms. The molecule has 1 aromatic heterocycles. The molecule has 5 rings (SSSR count). The minimum Gasteiger partial charge on any atom is -0.487 e. The minimum absolute atomic E-state index is 0.0815. The zero-order valence-corrected chi connectivity index (χ0v) is 24.6. The highest BCUT2D eigenvalue weighted by atomic mass is 32.1. The van der Waals surface area contributed by atoms with Gasteiger partial charge >= 0.3 is 12.1 Å². The molecule has 2 amide bonds. The first-order valence-corrected chi connectivity index (χ1v) is 14.7. The molecule has 0 saturated carbocycles. The van der Waals surface area contributed by atoms with Gasteiger partial charge in [-0.2, -0.15) is 0 Å². The molecule has 3 heterocycles. The van der Waals surface area contributed by atoms with Gasteiger partial charge in [0.25, 0.3) is 0 Å². The second-order valence-corrected chi connectivity index (χ2v) is 11.4. The number of halogens is 1. The number of carbonyl (C=O) groups is 3. The number of ether oxygens (including phenoxy) is 4. The Hall–Kier alpha value is -4.23. The number of carboxylic acid groups (broad SMARTS) is 1. The Morgan fingerprint density at radius 1 is 1.23 bits per heavy atom. The molecular weight excluding hydrogens is 581 g/mol. The number of carbonyl (C=O) groups excluding carboxylic acids is 2. The number of methoxy groups -OCH3 is 1. The SMILES string of the molecule is COC(=O)c1ccc(Oc2cc3c(cc2OCC2CCCCO2)CCN(C(=O)O)[C@]3(C)CC(=O)Nc2nccs2)cc1F. The number of benzene rings is 2. The average Bonchev–Trinajstić information content (AvgIpc) is 3.49. The molecule has 2 atom stereocenters. The lowest BCUT2D eigenvalue weighted by Gasteiger charge is -2.44. The van der Waals surface area contributed by atoms with Crippen LogP contribution in [-0.4, -0.2) is 65.9 Å². The summed E-state index contributed by atoms with van der Waals surface area (Å²) in [4.78, 5) is 42.7. The van der Waals surface area contributed by atoms with E-state index in [9.17, 15) is 23.9 Å². The molecule has 228 valence electrons. The summed E-state index contributed by atoms with van der Waals surface area (Å²) in [5.41, 5.74) is -0.175. The summed E-state index contributed by atoms with van der Waals surface area (Å²) in [7, 11) is 1.16. The average molecular weight is 614 g/mol. The first-order chi connectivity index (χ1) is 20.7. The first kappa shape index (κ1) is 30.2. The molecule has 11 nitrogen and oxygen atoms in total. The van der Waals surface area contributed by atoms with Gasteiger partial charge in [-0.1, -0.05) is 0 Å². The van der Waals surface area contributed by atoms with E-state index in [0.29, 0.717) is 29.5 Å². The second kappa shape index (κ2) is 13.0. The minimum atomic E-state index is -1.27. The maximum absolute atomic E-state index is 14.8. The van der Waals surface area contributed by atoms with Crippen LogP contribution in [-0.2, 0) is 26.2 Å².